The van der Waals surface area contributed by atoms with Gasteiger partial charge in [0.15, 0.2) is 0 Å². The summed E-state index contributed by atoms with van der Waals surface area (Å²) in [6.07, 6.45) is 2.60. The van der Waals surface area contributed by atoms with E-state index in [-0.39, 0.29) is 11.7 Å². The highest BCUT2D eigenvalue weighted by molar-refractivity contribution is 6.30. The van der Waals surface area contributed by atoms with Crippen molar-refractivity contribution in [2.45, 2.75) is 25.3 Å². The van der Waals surface area contributed by atoms with Crippen LogP contribution in [0.2, 0.25) is 5.02 Å². The van der Waals surface area contributed by atoms with E-state index in [0.29, 0.717) is 6.04 Å². The predicted octanol–water partition coefficient (Wildman–Crippen LogP) is 4.92. The van der Waals surface area contributed by atoms with Gasteiger partial charge in [-0.05, 0) is 48.9 Å². The average molecular weight is 359 g/mol. The molecule has 1 aromatic heterocycles. The van der Waals surface area contributed by atoms with Crippen molar-refractivity contribution >= 4 is 11.6 Å². The quantitative estimate of drug-likeness (QED) is 0.638. The predicted molar refractivity (Wildman–Crippen MR) is 98.2 cm³/mol. The van der Waals surface area contributed by atoms with Crippen molar-refractivity contribution < 1.29 is 14.1 Å². The molecule has 2 aromatic carbocycles. The summed E-state index contributed by atoms with van der Waals surface area (Å²) >= 11 is 5.95. The summed E-state index contributed by atoms with van der Waals surface area (Å²) in [4.78, 5) is 0. The van der Waals surface area contributed by atoms with E-state index in [0.717, 1.165) is 29.3 Å². The molecule has 2 N–H and O–H groups in total. The van der Waals surface area contributed by atoms with Crippen LogP contribution >= 0.6 is 11.6 Å². The molecule has 3 rings (SSSR count). The molecule has 2 atom stereocenters. The zero-order chi connectivity index (χ0) is 17.6. The van der Waals surface area contributed by atoms with Gasteiger partial charge in [-0.3, -0.25) is 0 Å². The Hall–Kier alpha value is -2.10. The molecular formula is C21H22ClFNO+. The van der Waals surface area contributed by atoms with Crippen LogP contribution < -0.4 is 5.32 Å². The van der Waals surface area contributed by atoms with E-state index in [1.54, 1.807) is 6.26 Å². The van der Waals surface area contributed by atoms with Crippen molar-refractivity contribution in [1.29, 1.82) is 0 Å². The fourth-order valence-corrected chi connectivity index (χ4v) is 3.20. The van der Waals surface area contributed by atoms with Gasteiger partial charge in [0.2, 0.25) is 0 Å². The van der Waals surface area contributed by atoms with E-state index in [1.165, 1.54) is 17.7 Å². The van der Waals surface area contributed by atoms with Crippen LogP contribution in [0.5, 0.6) is 0 Å². The van der Waals surface area contributed by atoms with Gasteiger partial charge in [-0.1, -0.05) is 35.9 Å². The highest BCUT2D eigenvalue weighted by atomic mass is 35.5. The van der Waals surface area contributed by atoms with Gasteiger partial charge in [0.05, 0.1) is 12.8 Å². The van der Waals surface area contributed by atoms with Gasteiger partial charge in [0.1, 0.15) is 17.6 Å². The standard InChI is InChI=1S/C21H21ClFNO/c1-15(16-4-8-18(22)9-5-16)24-13-12-20(21-3-2-14-25-21)17-6-10-19(23)11-7-17/h2-11,14-15,20,24H,12-13H2,1H3/p+1/t15-,20+/m0/s1. The smallest absolute Gasteiger partial charge is 0.123 e. The lowest BCUT2D eigenvalue weighted by Crippen LogP contribution is -2.84. The van der Waals surface area contributed by atoms with Crippen LogP contribution in [0.15, 0.2) is 71.3 Å². The maximum absolute atomic E-state index is 13.2. The maximum Gasteiger partial charge on any atom is 0.123 e. The molecule has 3 aromatic rings. The molecule has 0 saturated heterocycles. The number of hydrogen-bond donors (Lipinski definition) is 1. The molecule has 0 aliphatic heterocycles. The maximum atomic E-state index is 13.2. The van der Waals surface area contributed by atoms with Gasteiger partial charge >= 0.3 is 0 Å². The van der Waals surface area contributed by atoms with Crippen LogP contribution in [0.1, 0.15) is 42.2 Å². The molecule has 2 nitrogen and oxygen atoms in total. The van der Waals surface area contributed by atoms with E-state index >= 15 is 0 Å². The minimum absolute atomic E-state index is 0.129. The van der Waals surface area contributed by atoms with Gasteiger partial charge in [0.25, 0.3) is 0 Å². The summed E-state index contributed by atoms with van der Waals surface area (Å²) in [6.45, 7) is 3.12. The van der Waals surface area contributed by atoms with Crippen molar-refractivity contribution in [3.05, 3.63) is 94.7 Å². The number of rotatable bonds is 7. The van der Waals surface area contributed by atoms with Crippen molar-refractivity contribution in [2.24, 2.45) is 0 Å². The summed E-state index contributed by atoms with van der Waals surface area (Å²) in [6, 6.07) is 18.9. The molecule has 0 unspecified atom stereocenters. The summed E-state index contributed by atoms with van der Waals surface area (Å²) in [5.41, 5.74) is 2.32. The molecular weight excluding hydrogens is 337 g/mol. The zero-order valence-electron chi connectivity index (χ0n) is 14.2. The monoisotopic (exact) mass is 358 g/mol. The van der Waals surface area contributed by atoms with E-state index in [4.69, 9.17) is 16.0 Å². The Morgan fingerprint density at radius 1 is 1.00 bits per heavy atom. The summed E-state index contributed by atoms with van der Waals surface area (Å²) in [7, 11) is 0. The first-order chi connectivity index (χ1) is 12.1. The SMILES string of the molecule is C[C@H]([NH2+]CC[C@H](c1ccc(F)cc1)c1ccco1)c1ccc(Cl)cc1. The molecule has 25 heavy (non-hydrogen) atoms. The summed E-state index contributed by atoms with van der Waals surface area (Å²) in [5.74, 6) is 0.827. The molecule has 1 heterocycles. The molecule has 0 fully saturated rings. The normalized spacial score (nSPS) is 13.6. The first kappa shape index (κ1) is 17.7. The molecule has 130 valence electrons. The molecule has 0 radical (unpaired) electrons. The van der Waals surface area contributed by atoms with Gasteiger partial charge in [-0.25, -0.2) is 4.39 Å². The van der Waals surface area contributed by atoms with Gasteiger partial charge in [-0.2, -0.15) is 0 Å². The fraction of sp³-hybridized carbons (Fsp3) is 0.238. The van der Waals surface area contributed by atoms with Gasteiger partial charge in [0, 0.05) is 22.9 Å². The van der Waals surface area contributed by atoms with Crippen molar-refractivity contribution in [1.82, 2.24) is 0 Å². The van der Waals surface area contributed by atoms with E-state index in [1.807, 2.05) is 36.4 Å². The second-order valence-corrected chi connectivity index (χ2v) is 6.71. The second-order valence-electron chi connectivity index (χ2n) is 6.27. The lowest BCUT2D eigenvalue weighted by molar-refractivity contribution is -0.693. The van der Waals surface area contributed by atoms with E-state index < -0.39 is 0 Å². The molecule has 0 bridgehead atoms. The van der Waals surface area contributed by atoms with Crippen LogP contribution in [-0.4, -0.2) is 6.54 Å². The molecule has 0 spiro atoms. The van der Waals surface area contributed by atoms with Crippen LogP contribution in [0.3, 0.4) is 0 Å². The van der Waals surface area contributed by atoms with Crippen LogP contribution in [0.4, 0.5) is 4.39 Å². The lowest BCUT2D eigenvalue weighted by Gasteiger charge is -2.17. The minimum atomic E-state index is -0.218. The van der Waals surface area contributed by atoms with Crippen LogP contribution in [0.25, 0.3) is 0 Å². The Bertz CT molecular complexity index is 769. The molecule has 0 amide bonds. The number of furan rings is 1. The largest absolute Gasteiger partial charge is 0.469 e. The summed E-state index contributed by atoms with van der Waals surface area (Å²) < 4.78 is 18.8. The van der Waals surface area contributed by atoms with Crippen molar-refractivity contribution in [2.75, 3.05) is 6.54 Å². The second kappa shape index (κ2) is 8.32. The molecule has 0 aliphatic rings. The summed E-state index contributed by atoms with van der Waals surface area (Å²) in [5, 5.41) is 3.06. The third-order valence-electron chi connectivity index (χ3n) is 4.53. The molecule has 0 aliphatic carbocycles. The Balaban J connectivity index is 1.65. The van der Waals surface area contributed by atoms with Crippen molar-refractivity contribution in [3.8, 4) is 0 Å². The Morgan fingerprint density at radius 3 is 2.32 bits per heavy atom. The van der Waals surface area contributed by atoms with E-state index in [2.05, 4.69) is 24.4 Å². The zero-order valence-corrected chi connectivity index (χ0v) is 14.9. The van der Waals surface area contributed by atoms with Gasteiger partial charge < -0.3 is 9.73 Å². The van der Waals surface area contributed by atoms with E-state index in [9.17, 15) is 4.39 Å². The molecule has 0 saturated carbocycles. The molecule has 4 heteroatoms. The number of hydrogen-bond acceptors (Lipinski definition) is 1. The first-order valence-electron chi connectivity index (χ1n) is 8.51. The van der Waals surface area contributed by atoms with Gasteiger partial charge in [-0.15, -0.1) is 0 Å². The Kier molecular flexibility index (Phi) is 5.90. The highest BCUT2D eigenvalue weighted by Crippen LogP contribution is 2.28. The number of benzene rings is 2. The van der Waals surface area contributed by atoms with Crippen molar-refractivity contribution in [3.63, 3.8) is 0 Å². The highest BCUT2D eigenvalue weighted by Gasteiger charge is 2.19. The third-order valence-corrected chi connectivity index (χ3v) is 4.78. The van der Waals surface area contributed by atoms with Crippen LogP contribution in [-0.2, 0) is 0 Å². The fourth-order valence-electron chi connectivity index (χ4n) is 3.07. The number of nitrogens with two attached hydrogens (primary N) is 1. The lowest BCUT2D eigenvalue weighted by atomic mass is 9.93. The minimum Gasteiger partial charge on any atom is -0.469 e. The topological polar surface area (TPSA) is 29.8 Å². The number of halogens is 2. The third kappa shape index (κ3) is 4.71. The first-order valence-corrected chi connectivity index (χ1v) is 8.89. The Morgan fingerprint density at radius 2 is 1.68 bits per heavy atom. The average Bonchev–Trinajstić information content (AvgIpc) is 3.14. The Labute approximate surface area is 152 Å². The van der Waals surface area contributed by atoms with Crippen LogP contribution in [0, 0.1) is 5.82 Å². The number of quaternary nitrogens is 1.